The summed E-state index contributed by atoms with van der Waals surface area (Å²) in [4.78, 5) is 119. The van der Waals surface area contributed by atoms with Crippen molar-refractivity contribution in [2.75, 3.05) is 32.6 Å². The number of anilines is 1. The van der Waals surface area contributed by atoms with E-state index in [1.165, 1.54) is 75.7 Å². The molecule has 29 heteroatoms. The highest BCUT2D eigenvalue weighted by atomic mass is 32.1. The quantitative estimate of drug-likeness (QED) is 0.0553. The smallest absolute Gasteiger partial charge is 0.271 e. The van der Waals surface area contributed by atoms with Gasteiger partial charge in [0.1, 0.15) is 82.2 Å². The first-order valence-corrected chi connectivity index (χ1v) is 30.6. The molecule has 6 amide bonds. The third kappa shape index (κ3) is 13.7. The maximum absolute atomic E-state index is 14.3. The second-order valence-electron chi connectivity index (χ2n) is 19.0. The van der Waals surface area contributed by atoms with Crippen LogP contribution in [-0.2, 0) is 25.7 Å². The fourth-order valence-electron chi connectivity index (χ4n) is 8.46. The van der Waals surface area contributed by atoms with E-state index in [-0.39, 0.29) is 66.2 Å². The van der Waals surface area contributed by atoms with Crippen molar-refractivity contribution < 1.29 is 48.8 Å². The molecule has 8 heterocycles. The van der Waals surface area contributed by atoms with Crippen LogP contribution in [0.3, 0.4) is 0 Å². The summed E-state index contributed by atoms with van der Waals surface area (Å²) in [6.07, 6.45) is -2.63. The molecule has 4 atom stereocenters. The van der Waals surface area contributed by atoms with Gasteiger partial charge in [0.15, 0.2) is 6.29 Å². The molecule has 1 aliphatic rings. The Morgan fingerprint density at radius 3 is 2.17 bits per heavy atom. The molecule has 1 aromatic carbocycles. The number of hydrogen-bond acceptors (Lipinski definition) is 23. The van der Waals surface area contributed by atoms with Crippen LogP contribution in [-0.4, -0.2) is 120 Å². The van der Waals surface area contributed by atoms with Gasteiger partial charge in [-0.2, -0.15) is 0 Å². The number of methoxy groups -OCH3 is 1. The second kappa shape index (κ2) is 26.4. The fourth-order valence-corrected chi connectivity index (χ4v) is 14.0. The summed E-state index contributed by atoms with van der Waals surface area (Å²) < 4.78 is 5.44. The van der Waals surface area contributed by atoms with Gasteiger partial charge in [0.2, 0.25) is 17.7 Å². The minimum Gasteiger partial charge on any atom is -0.386 e. The van der Waals surface area contributed by atoms with Gasteiger partial charge in [-0.3, -0.25) is 33.7 Å². The zero-order valence-corrected chi connectivity index (χ0v) is 49.7. The molecule has 0 unspecified atom stereocenters. The molecule has 0 spiro atoms. The molecular weight excluding hydrogens is 1170 g/mol. The highest BCUT2D eigenvalue weighted by molar-refractivity contribution is 7.15. The number of nitrogens with one attached hydrogen (secondary N) is 5. The van der Waals surface area contributed by atoms with Crippen LogP contribution in [0.1, 0.15) is 126 Å². The van der Waals surface area contributed by atoms with Gasteiger partial charge >= 0.3 is 0 Å². The molecule has 0 saturated carbocycles. The molecule has 8 N–H and O–H groups in total. The first kappa shape index (κ1) is 59.4. The number of benzene rings is 1. The molecular formula is C53H55N13O10S6. The summed E-state index contributed by atoms with van der Waals surface area (Å²) in [6, 6.07) is 9.48. The number of amides is 6. The molecule has 8 aromatic rings. The van der Waals surface area contributed by atoms with Gasteiger partial charge < -0.3 is 46.6 Å². The summed E-state index contributed by atoms with van der Waals surface area (Å²) in [6.45, 7) is 4.95. The highest BCUT2D eigenvalue weighted by Crippen LogP contribution is 2.40. The number of carbonyl (C=O) groups excluding carboxylic acids is 6. The number of aryl methyl sites for hydroxylation is 1. The number of fused-ring (bicyclic) bond motifs is 14. The fraction of sp³-hybridized carbons (Fsp3) is 0.340. The van der Waals surface area contributed by atoms with E-state index in [2.05, 4.69) is 36.6 Å². The minimum absolute atomic E-state index is 0.00107. The average molecular weight is 1230 g/mol. The van der Waals surface area contributed by atoms with E-state index in [0.29, 0.717) is 74.5 Å². The van der Waals surface area contributed by atoms with Gasteiger partial charge in [0, 0.05) is 59.6 Å². The van der Waals surface area contributed by atoms with Crippen LogP contribution < -0.4 is 31.5 Å². The largest absolute Gasteiger partial charge is 0.386 e. The van der Waals surface area contributed by atoms with E-state index in [0.717, 1.165) is 11.3 Å². The summed E-state index contributed by atoms with van der Waals surface area (Å²) in [7, 11) is 4.52. The Kier molecular flexibility index (Phi) is 19.1. The monoisotopic (exact) mass is 1230 g/mol. The van der Waals surface area contributed by atoms with E-state index >= 15 is 0 Å². The van der Waals surface area contributed by atoms with Gasteiger partial charge in [-0.05, 0) is 43.4 Å². The number of aromatic nitrogens is 7. The first-order valence-electron chi connectivity index (χ1n) is 25.4. The van der Waals surface area contributed by atoms with Crippen molar-refractivity contribution >= 4 is 109 Å². The molecule has 0 fully saturated rings. The lowest BCUT2D eigenvalue weighted by atomic mass is 10.0. The number of aliphatic hydroxyl groups excluding tert-OH is 2. The van der Waals surface area contributed by atoms with Crippen LogP contribution >= 0.6 is 68.0 Å². The van der Waals surface area contributed by atoms with E-state index in [9.17, 15) is 44.1 Å². The zero-order chi connectivity index (χ0) is 58.4. The Labute approximate surface area is 493 Å². The first-order chi connectivity index (χ1) is 39.4. The van der Waals surface area contributed by atoms with Crippen molar-refractivity contribution in [3.63, 3.8) is 0 Å². The summed E-state index contributed by atoms with van der Waals surface area (Å²) in [5, 5.41) is 53.7. The van der Waals surface area contributed by atoms with E-state index in [1.54, 1.807) is 78.0 Å². The van der Waals surface area contributed by atoms with Crippen molar-refractivity contribution in [3.05, 3.63) is 111 Å². The molecule has 1 aliphatic heterocycles. The Hall–Kier alpha value is -7.19. The maximum Gasteiger partial charge on any atom is 0.271 e. The van der Waals surface area contributed by atoms with Crippen molar-refractivity contribution in [3.8, 4) is 43.4 Å². The topological polar surface area (TPSA) is 326 Å². The Morgan fingerprint density at radius 1 is 0.720 bits per heavy atom. The minimum atomic E-state index is -1.52. The Bertz CT molecular complexity index is 3630. The number of carbonyl (C=O) groups is 6. The van der Waals surface area contributed by atoms with Crippen molar-refractivity contribution in [2.24, 2.45) is 5.92 Å². The predicted molar refractivity (Wildman–Crippen MR) is 312 cm³/mol. The second-order valence-corrected chi connectivity index (χ2v) is 24.8. The molecule has 7 aromatic heterocycles. The van der Waals surface area contributed by atoms with Gasteiger partial charge in [-0.1, -0.05) is 44.2 Å². The van der Waals surface area contributed by atoms with Crippen LogP contribution in [0.4, 0.5) is 5.82 Å². The van der Waals surface area contributed by atoms with Crippen LogP contribution in [0.2, 0.25) is 0 Å². The van der Waals surface area contributed by atoms with Gasteiger partial charge in [-0.15, -0.1) is 68.0 Å². The Balaban J connectivity index is 1.12. The molecule has 23 nitrogen and oxygen atoms in total. The number of pyridine rings is 1. The molecule has 0 aliphatic carbocycles. The lowest BCUT2D eigenvalue weighted by molar-refractivity contribution is -0.122. The standard InChI is InChI=1S/C53H55N13O10S6/c1-24(2)39-53-65-42(33(82-53)19-76-6)46(74)55-18-36(68)62-43(44(72)26-11-8-7-9-12-26)52-60-32(22-79-52)50-58-30(20-78-50)41-27(15-16-28(56-41)49-61-34(23-80-49)66(5)37(69)13-10-14-38(70)71)48-59-31(21-77-48)45(73)57-29(17-35(67)54-4)51-64-40(25(3)81-51)47(75)63-39/h7-9,11-12,15-16,20-24,29,38-39,43-44,70-72H,10,13-14,17-19H2,1-6H3,(H,54,67)(H,55,74)(H,57,73)(H,62,68)(H,63,75)/t29-,39-,43-,44-/m0/s1. The normalized spacial score (nSPS) is 16.5. The molecule has 0 radical (unpaired) electrons. The van der Waals surface area contributed by atoms with Crippen LogP contribution in [0.5, 0.6) is 0 Å². The van der Waals surface area contributed by atoms with Gasteiger partial charge in [0.05, 0.1) is 42.2 Å². The molecule has 0 saturated heterocycles. The third-order valence-electron chi connectivity index (χ3n) is 12.8. The van der Waals surface area contributed by atoms with Gasteiger partial charge in [0.25, 0.3) is 17.7 Å². The number of hydrogen-bond donors (Lipinski definition) is 8. The summed E-state index contributed by atoms with van der Waals surface area (Å²) >= 11 is 7.18. The van der Waals surface area contributed by atoms with Crippen molar-refractivity contribution in [2.45, 2.75) is 83.6 Å². The van der Waals surface area contributed by atoms with Gasteiger partial charge in [-0.25, -0.2) is 34.9 Å². The Morgan fingerprint density at radius 2 is 1.43 bits per heavy atom. The SMILES string of the molecule is CNC(=O)C[C@@H]1NC(=O)c2csc(n2)-c2ccc(-c3nc(N(C)C(=O)CCCC(O)O)cs3)nc2-c2csc(n2)-c2csc(n2)[C@H]([C@@H](O)c2ccccc2)NC(=O)CNC(=O)c2nc(sc2COC)[C@H](C(C)C)NC(=O)c2nc1sc2C. The third-order valence-corrected chi connectivity index (χ3v) is 18.5. The molecule has 428 valence electrons. The lowest BCUT2D eigenvalue weighted by Crippen LogP contribution is -2.40. The van der Waals surface area contributed by atoms with Crippen molar-refractivity contribution in [1.29, 1.82) is 0 Å². The molecule has 10 bridgehead atoms. The zero-order valence-electron chi connectivity index (χ0n) is 44.8. The molecule has 9 rings (SSSR count). The van der Waals surface area contributed by atoms with E-state index in [1.807, 2.05) is 13.8 Å². The van der Waals surface area contributed by atoms with Crippen LogP contribution in [0, 0.1) is 12.8 Å². The summed E-state index contributed by atoms with van der Waals surface area (Å²) in [5.74, 6) is -3.04. The number of rotatable bonds is 13. The number of aliphatic hydroxyl groups is 3. The average Bonchev–Trinajstić information content (AvgIpc) is 4.44. The lowest BCUT2D eigenvalue weighted by Gasteiger charge is -2.23. The number of ether oxygens (including phenoxy) is 1. The van der Waals surface area contributed by atoms with Crippen LogP contribution in [0.15, 0.2) is 64.0 Å². The van der Waals surface area contributed by atoms with E-state index < -0.39 is 66.6 Å². The highest BCUT2D eigenvalue weighted by Gasteiger charge is 2.33. The van der Waals surface area contributed by atoms with Crippen LogP contribution in [0.25, 0.3) is 43.4 Å². The number of nitrogens with zero attached hydrogens (tertiary/aromatic N) is 8. The van der Waals surface area contributed by atoms with Crippen molar-refractivity contribution in [1.82, 2.24) is 61.5 Å². The maximum atomic E-state index is 14.3. The predicted octanol–water partition coefficient (Wildman–Crippen LogP) is 6.76. The van der Waals surface area contributed by atoms with E-state index in [4.69, 9.17) is 29.7 Å². The molecule has 82 heavy (non-hydrogen) atoms. The number of thiazole rings is 6. The summed E-state index contributed by atoms with van der Waals surface area (Å²) in [5.41, 5.74) is 2.70.